The molecule has 1 fully saturated rings. The second-order valence-electron chi connectivity index (χ2n) is 8.38. The zero-order valence-corrected chi connectivity index (χ0v) is 18.3. The molecule has 0 spiro atoms. The average Bonchev–Trinajstić information content (AvgIpc) is 3.35. The number of carbonyl (C=O) groups excluding carboxylic acids is 2. The number of carbonyl (C=O) groups is 2. The first kappa shape index (κ1) is 20.9. The number of nitrogens with zero attached hydrogens (tertiary/aromatic N) is 1. The summed E-state index contributed by atoms with van der Waals surface area (Å²) in [7, 11) is 0. The fourth-order valence-corrected chi connectivity index (χ4v) is 4.44. The number of Topliss-reactive ketones (excluding diaryl/α,β-unsaturated/α-hetero) is 1. The fourth-order valence-electron chi connectivity index (χ4n) is 4.44. The maximum Gasteiger partial charge on any atom is 0.300 e. The predicted octanol–water partition coefficient (Wildman–Crippen LogP) is 4.55. The largest absolute Gasteiger partial charge is 0.507 e. The lowest BCUT2D eigenvalue weighted by Gasteiger charge is -2.24. The number of furan rings is 1. The van der Waals surface area contributed by atoms with E-state index in [-0.39, 0.29) is 22.8 Å². The van der Waals surface area contributed by atoms with E-state index < -0.39 is 17.7 Å². The first-order valence-corrected chi connectivity index (χ1v) is 10.8. The number of aliphatic hydroxyl groups excluding tert-OH is 1. The molecule has 1 amide bonds. The van der Waals surface area contributed by atoms with Crippen LogP contribution in [-0.4, -0.2) is 28.5 Å². The molecule has 7 heteroatoms. The van der Waals surface area contributed by atoms with Crippen LogP contribution in [0.2, 0.25) is 0 Å². The van der Waals surface area contributed by atoms with Crippen molar-refractivity contribution in [2.24, 2.45) is 0 Å². The van der Waals surface area contributed by atoms with Gasteiger partial charge < -0.3 is 19.4 Å². The van der Waals surface area contributed by atoms with E-state index in [0.29, 0.717) is 23.7 Å². The average molecular weight is 445 g/mol. The van der Waals surface area contributed by atoms with Crippen LogP contribution in [0.1, 0.15) is 40.7 Å². The van der Waals surface area contributed by atoms with E-state index in [4.69, 9.17) is 9.15 Å². The predicted molar refractivity (Wildman–Crippen MR) is 121 cm³/mol. The minimum atomic E-state index is -1.03. The zero-order valence-electron chi connectivity index (χ0n) is 18.3. The lowest BCUT2D eigenvalue weighted by molar-refractivity contribution is -0.132. The summed E-state index contributed by atoms with van der Waals surface area (Å²) in [6.07, 6.45) is 1.66. The number of hydrogen-bond donors (Lipinski definition) is 2. The molecule has 3 aromatic rings. The van der Waals surface area contributed by atoms with Crippen LogP contribution in [0, 0.1) is 13.8 Å². The topological polar surface area (TPSA) is 100 Å². The van der Waals surface area contributed by atoms with Crippen molar-refractivity contribution in [3.8, 4) is 11.5 Å². The zero-order chi connectivity index (χ0) is 23.3. The highest BCUT2D eigenvalue weighted by molar-refractivity contribution is 6.51. The van der Waals surface area contributed by atoms with Crippen molar-refractivity contribution in [3.05, 3.63) is 82.3 Å². The fraction of sp³-hybridized carbons (Fsp3) is 0.231. The summed E-state index contributed by atoms with van der Waals surface area (Å²) in [5.74, 6) is -0.483. The molecule has 5 rings (SSSR count). The van der Waals surface area contributed by atoms with E-state index in [1.54, 1.807) is 49.4 Å². The molecule has 2 N–H and O–H groups in total. The Balaban J connectivity index is 1.71. The van der Waals surface area contributed by atoms with Gasteiger partial charge in [-0.3, -0.25) is 14.5 Å². The normalized spacial score (nSPS) is 19.5. The Morgan fingerprint density at radius 3 is 2.64 bits per heavy atom. The van der Waals surface area contributed by atoms with Gasteiger partial charge in [-0.1, -0.05) is 6.07 Å². The maximum absolute atomic E-state index is 13.2. The number of aromatic hydroxyl groups is 1. The van der Waals surface area contributed by atoms with Crippen LogP contribution in [0.4, 0.5) is 5.69 Å². The van der Waals surface area contributed by atoms with Gasteiger partial charge in [0.15, 0.2) is 0 Å². The number of ether oxygens (including phenoxy) is 1. The first-order valence-electron chi connectivity index (χ1n) is 10.8. The molecule has 2 aromatic carbocycles. The lowest BCUT2D eigenvalue weighted by Crippen LogP contribution is -2.29. The molecule has 7 nitrogen and oxygen atoms in total. The van der Waals surface area contributed by atoms with E-state index in [9.17, 15) is 19.8 Å². The summed E-state index contributed by atoms with van der Waals surface area (Å²) in [6.45, 7) is 4.21. The Kier molecular flexibility index (Phi) is 4.96. The molecule has 1 saturated heterocycles. The van der Waals surface area contributed by atoms with Crippen molar-refractivity contribution in [2.45, 2.75) is 32.7 Å². The van der Waals surface area contributed by atoms with Crippen molar-refractivity contribution in [2.75, 3.05) is 11.5 Å². The van der Waals surface area contributed by atoms with Crippen LogP contribution < -0.4 is 9.64 Å². The van der Waals surface area contributed by atoms with Crippen LogP contribution in [0.15, 0.2) is 58.5 Å². The summed E-state index contributed by atoms with van der Waals surface area (Å²) >= 11 is 0. The van der Waals surface area contributed by atoms with Gasteiger partial charge >= 0.3 is 0 Å². The Labute approximate surface area is 190 Å². The number of ketones is 1. The number of rotatable bonds is 3. The number of phenolic OH excluding ortho intramolecular Hbond substituents is 1. The van der Waals surface area contributed by atoms with E-state index in [1.165, 1.54) is 11.0 Å². The van der Waals surface area contributed by atoms with Gasteiger partial charge in [-0.2, -0.15) is 0 Å². The number of hydrogen-bond acceptors (Lipinski definition) is 6. The van der Waals surface area contributed by atoms with E-state index in [0.717, 1.165) is 29.7 Å². The van der Waals surface area contributed by atoms with Crippen molar-refractivity contribution in [3.63, 3.8) is 0 Å². The lowest BCUT2D eigenvalue weighted by atomic mass is 9.96. The molecule has 2 aliphatic heterocycles. The van der Waals surface area contributed by atoms with E-state index >= 15 is 0 Å². The van der Waals surface area contributed by atoms with Gasteiger partial charge in [0.05, 0.1) is 17.9 Å². The van der Waals surface area contributed by atoms with Gasteiger partial charge in [-0.15, -0.1) is 0 Å². The van der Waals surface area contributed by atoms with Crippen LogP contribution in [0.5, 0.6) is 11.5 Å². The van der Waals surface area contributed by atoms with Crippen LogP contribution >= 0.6 is 0 Å². The highest BCUT2D eigenvalue weighted by Gasteiger charge is 2.49. The maximum atomic E-state index is 13.2. The molecule has 0 radical (unpaired) electrons. The summed E-state index contributed by atoms with van der Waals surface area (Å²) < 4.78 is 11.4. The molecule has 1 atom stereocenters. The molecule has 1 unspecified atom stereocenters. The van der Waals surface area contributed by atoms with Gasteiger partial charge in [0.25, 0.3) is 11.7 Å². The van der Waals surface area contributed by atoms with E-state index in [1.807, 2.05) is 6.92 Å². The quantitative estimate of drug-likeness (QED) is 0.348. The van der Waals surface area contributed by atoms with Crippen molar-refractivity contribution < 1.29 is 29.0 Å². The van der Waals surface area contributed by atoms with Crippen LogP contribution in [0.3, 0.4) is 0 Å². The highest BCUT2D eigenvalue weighted by atomic mass is 16.5. The smallest absolute Gasteiger partial charge is 0.300 e. The second kappa shape index (κ2) is 7.85. The summed E-state index contributed by atoms with van der Waals surface area (Å²) in [5.41, 5.74) is 2.23. The number of benzene rings is 2. The van der Waals surface area contributed by atoms with Crippen molar-refractivity contribution >= 4 is 23.1 Å². The Morgan fingerprint density at radius 1 is 1.06 bits per heavy atom. The SMILES string of the molecule is Cc1ccc(O)c(N2C(=O)C(=O)/C(=C(\O)c3ccc4c(c3)CCCO4)C2c2ccc(C)o2)c1. The molecular formula is C26H23NO6. The van der Waals surface area contributed by atoms with E-state index in [2.05, 4.69) is 0 Å². The Hall–Kier alpha value is -4.00. The number of amides is 1. The van der Waals surface area contributed by atoms with Gasteiger partial charge in [0.2, 0.25) is 0 Å². The van der Waals surface area contributed by atoms with Gasteiger partial charge in [0.1, 0.15) is 34.8 Å². The monoisotopic (exact) mass is 445 g/mol. The van der Waals surface area contributed by atoms with Crippen LogP contribution in [0.25, 0.3) is 5.76 Å². The molecule has 0 saturated carbocycles. The number of aryl methyl sites for hydroxylation is 3. The summed E-state index contributed by atoms with van der Waals surface area (Å²) in [6, 6.07) is 12.4. The highest BCUT2D eigenvalue weighted by Crippen LogP contribution is 2.45. The molecule has 3 heterocycles. The minimum absolute atomic E-state index is 0.0908. The third kappa shape index (κ3) is 3.46. The number of fused-ring (bicyclic) bond motifs is 1. The molecule has 168 valence electrons. The van der Waals surface area contributed by atoms with Gasteiger partial charge in [-0.05, 0) is 80.3 Å². The number of phenols is 1. The summed E-state index contributed by atoms with van der Waals surface area (Å²) in [4.78, 5) is 27.6. The molecule has 1 aromatic heterocycles. The minimum Gasteiger partial charge on any atom is -0.507 e. The van der Waals surface area contributed by atoms with Crippen molar-refractivity contribution in [1.29, 1.82) is 0 Å². The van der Waals surface area contributed by atoms with Gasteiger partial charge in [0, 0.05) is 5.56 Å². The Bertz CT molecular complexity index is 1320. The van der Waals surface area contributed by atoms with Crippen molar-refractivity contribution in [1.82, 2.24) is 0 Å². The standard InChI is InChI=1S/C26H23NO6/c1-14-5-8-19(28)18(12-14)27-23(21-9-6-15(2)33-21)22(25(30)26(27)31)24(29)17-7-10-20-16(13-17)4-3-11-32-20/h5-10,12-13,23,28-29H,3-4,11H2,1-2H3/b24-22-. The number of aliphatic hydroxyl groups is 1. The van der Waals surface area contributed by atoms with Crippen LogP contribution in [-0.2, 0) is 16.0 Å². The third-order valence-corrected chi connectivity index (χ3v) is 6.05. The molecule has 2 aliphatic rings. The molecule has 0 aliphatic carbocycles. The number of anilines is 1. The Morgan fingerprint density at radius 2 is 1.88 bits per heavy atom. The molecular weight excluding hydrogens is 422 g/mol. The first-order chi connectivity index (χ1) is 15.8. The molecule has 0 bridgehead atoms. The third-order valence-electron chi connectivity index (χ3n) is 6.05. The van der Waals surface area contributed by atoms with Gasteiger partial charge in [-0.25, -0.2) is 0 Å². The second-order valence-corrected chi connectivity index (χ2v) is 8.38. The summed E-state index contributed by atoms with van der Waals surface area (Å²) in [5, 5.41) is 21.8. The molecule has 33 heavy (non-hydrogen) atoms.